The number of epoxide rings is 1. The van der Waals surface area contributed by atoms with Crippen molar-refractivity contribution >= 4 is 12.0 Å². The van der Waals surface area contributed by atoms with Crippen LogP contribution in [0.3, 0.4) is 0 Å². The van der Waals surface area contributed by atoms with E-state index in [9.17, 15) is 9.90 Å². The minimum absolute atomic E-state index is 0.0113. The highest BCUT2D eigenvalue weighted by Gasteiger charge is 2.53. The molecule has 0 saturated carbocycles. The van der Waals surface area contributed by atoms with Crippen molar-refractivity contribution in [3.05, 3.63) is 47.6 Å². The second-order valence-electron chi connectivity index (χ2n) is 9.27. The molecule has 0 aromatic heterocycles. The molecule has 0 spiro atoms. The molecule has 1 N–H and O–H groups in total. The third-order valence-electron chi connectivity index (χ3n) is 5.82. The van der Waals surface area contributed by atoms with Gasteiger partial charge in [-0.05, 0) is 68.7 Å². The second-order valence-corrected chi connectivity index (χ2v) is 9.27. The van der Waals surface area contributed by atoms with Gasteiger partial charge in [-0.3, -0.25) is 0 Å². The number of carbonyl (C=O) groups excluding carboxylic acids is 1. The predicted octanol–water partition coefficient (Wildman–Crippen LogP) is 5.41. The Bertz CT molecular complexity index is 759. The van der Waals surface area contributed by atoms with E-state index in [4.69, 9.17) is 9.47 Å². The van der Waals surface area contributed by atoms with Gasteiger partial charge in [0.1, 0.15) is 11.9 Å². The van der Waals surface area contributed by atoms with Crippen LogP contribution in [0.5, 0.6) is 5.75 Å². The predicted molar refractivity (Wildman–Crippen MR) is 111 cm³/mol. The fourth-order valence-electron chi connectivity index (χ4n) is 4.13. The van der Waals surface area contributed by atoms with Crippen LogP contribution in [0.4, 0.5) is 0 Å². The molecule has 3 rings (SSSR count). The van der Waals surface area contributed by atoms with Gasteiger partial charge >= 0.3 is 5.97 Å². The molecule has 2 aliphatic rings. The van der Waals surface area contributed by atoms with E-state index in [0.717, 1.165) is 37.7 Å². The van der Waals surface area contributed by atoms with Crippen molar-refractivity contribution in [1.82, 2.24) is 0 Å². The zero-order valence-electron chi connectivity index (χ0n) is 17.4. The smallest absolute Gasteiger partial charge is 0.331 e. The lowest BCUT2D eigenvalue weighted by Gasteiger charge is -2.29. The van der Waals surface area contributed by atoms with Gasteiger partial charge in [-0.15, -0.1) is 0 Å². The molecule has 1 aliphatic heterocycles. The molecule has 4 heteroatoms. The Morgan fingerprint density at radius 2 is 1.93 bits per heavy atom. The molecular weight excluding hydrogens is 352 g/mol. The van der Waals surface area contributed by atoms with E-state index in [1.54, 1.807) is 30.3 Å². The quantitative estimate of drug-likeness (QED) is 0.327. The number of fused-ring (bicyclic) bond motifs is 1. The molecular formula is C24H32O4. The molecule has 1 aliphatic carbocycles. The van der Waals surface area contributed by atoms with Crippen LogP contribution in [0, 0.1) is 5.41 Å². The van der Waals surface area contributed by atoms with E-state index in [-0.39, 0.29) is 28.8 Å². The lowest BCUT2D eigenvalue weighted by Crippen LogP contribution is -2.27. The monoisotopic (exact) mass is 384 g/mol. The van der Waals surface area contributed by atoms with Gasteiger partial charge in [-0.2, -0.15) is 0 Å². The third-order valence-corrected chi connectivity index (χ3v) is 5.82. The topological polar surface area (TPSA) is 59.1 Å². The molecule has 152 valence electrons. The van der Waals surface area contributed by atoms with Crippen LogP contribution in [-0.4, -0.2) is 28.9 Å². The maximum absolute atomic E-state index is 12.4. The number of phenolic OH excluding ortho intramolecular Hbond substituents is 1. The van der Waals surface area contributed by atoms with E-state index in [1.807, 2.05) is 0 Å². The van der Waals surface area contributed by atoms with Crippen LogP contribution in [0.1, 0.15) is 65.4 Å². The Hall–Kier alpha value is -2.07. The molecule has 4 nitrogen and oxygen atoms in total. The van der Waals surface area contributed by atoms with Gasteiger partial charge in [0, 0.05) is 12.5 Å². The number of hydrogen-bond acceptors (Lipinski definition) is 4. The van der Waals surface area contributed by atoms with Gasteiger partial charge in [-0.25, -0.2) is 4.79 Å². The maximum Gasteiger partial charge on any atom is 0.331 e. The number of hydrogen-bond donors (Lipinski definition) is 1. The summed E-state index contributed by atoms with van der Waals surface area (Å²) in [5, 5.41) is 9.34. The summed E-state index contributed by atoms with van der Waals surface area (Å²) in [6.07, 6.45) is 10.2. The largest absolute Gasteiger partial charge is 0.508 e. The van der Waals surface area contributed by atoms with Crippen LogP contribution >= 0.6 is 0 Å². The maximum atomic E-state index is 12.4. The molecule has 0 amide bonds. The molecule has 1 saturated heterocycles. The number of ether oxygens (including phenoxy) is 2. The summed E-state index contributed by atoms with van der Waals surface area (Å²) in [5.41, 5.74) is 2.16. The molecule has 1 aromatic carbocycles. The van der Waals surface area contributed by atoms with Crippen molar-refractivity contribution in [2.45, 2.75) is 77.6 Å². The number of benzene rings is 1. The fraction of sp³-hybridized carbons (Fsp3) is 0.542. The van der Waals surface area contributed by atoms with Crippen molar-refractivity contribution in [1.29, 1.82) is 0 Å². The third kappa shape index (κ3) is 5.71. The van der Waals surface area contributed by atoms with Crippen LogP contribution < -0.4 is 0 Å². The lowest BCUT2D eigenvalue weighted by molar-refractivity contribution is -0.144. The molecule has 1 heterocycles. The van der Waals surface area contributed by atoms with Crippen molar-refractivity contribution in [2.75, 3.05) is 0 Å². The zero-order chi connectivity index (χ0) is 20.4. The van der Waals surface area contributed by atoms with Crippen LogP contribution in [0.25, 0.3) is 6.08 Å². The standard InChI is InChI=1S/C24H32O4/c1-17-6-5-13-24(4)21(28-24)16-23(2,3)15-20(14-17)27-22(26)12-9-18-7-10-19(25)11-8-18/h6-12,20-21,25H,5,13-16H2,1-4H3/t20-,21+,24+/m0/s1. The summed E-state index contributed by atoms with van der Waals surface area (Å²) in [4.78, 5) is 12.4. The molecule has 0 unspecified atom stereocenters. The van der Waals surface area contributed by atoms with Gasteiger partial charge in [0.05, 0.1) is 11.7 Å². The Morgan fingerprint density at radius 3 is 2.64 bits per heavy atom. The molecule has 1 aromatic rings. The van der Waals surface area contributed by atoms with E-state index < -0.39 is 0 Å². The number of aromatic hydroxyl groups is 1. The van der Waals surface area contributed by atoms with Crippen LogP contribution in [0.15, 0.2) is 42.0 Å². The molecule has 0 radical (unpaired) electrons. The molecule has 1 fully saturated rings. The first kappa shape index (κ1) is 20.7. The molecule has 28 heavy (non-hydrogen) atoms. The van der Waals surface area contributed by atoms with Crippen molar-refractivity contribution in [3.8, 4) is 5.75 Å². The number of esters is 1. The Labute approximate surface area is 168 Å². The van der Waals surface area contributed by atoms with Crippen molar-refractivity contribution in [2.24, 2.45) is 5.41 Å². The number of rotatable bonds is 3. The minimum atomic E-state index is -0.330. The summed E-state index contributed by atoms with van der Waals surface area (Å²) >= 11 is 0. The van der Waals surface area contributed by atoms with Gasteiger partial charge < -0.3 is 14.6 Å². The first-order valence-electron chi connectivity index (χ1n) is 10.2. The summed E-state index contributed by atoms with van der Waals surface area (Å²) in [6, 6.07) is 6.71. The average Bonchev–Trinajstić information content (AvgIpc) is 3.21. The zero-order valence-corrected chi connectivity index (χ0v) is 17.4. The van der Waals surface area contributed by atoms with Gasteiger partial charge in [0.2, 0.25) is 0 Å². The normalized spacial score (nSPS) is 30.1. The Morgan fingerprint density at radius 1 is 1.21 bits per heavy atom. The highest BCUT2D eigenvalue weighted by atomic mass is 16.6. The summed E-state index contributed by atoms with van der Waals surface area (Å²) in [5.74, 6) is -0.124. The highest BCUT2D eigenvalue weighted by Crippen LogP contribution is 2.48. The van der Waals surface area contributed by atoms with Gasteiger partial charge in [-0.1, -0.05) is 37.6 Å². The van der Waals surface area contributed by atoms with E-state index in [2.05, 4.69) is 33.8 Å². The van der Waals surface area contributed by atoms with Crippen molar-refractivity contribution in [3.63, 3.8) is 0 Å². The van der Waals surface area contributed by atoms with E-state index >= 15 is 0 Å². The van der Waals surface area contributed by atoms with Crippen molar-refractivity contribution < 1.29 is 19.4 Å². The highest BCUT2D eigenvalue weighted by molar-refractivity contribution is 5.87. The first-order valence-corrected chi connectivity index (χ1v) is 10.2. The summed E-state index contributed by atoms with van der Waals surface area (Å²) < 4.78 is 11.8. The number of phenols is 1. The van der Waals surface area contributed by atoms with Crippen LogP contribution in [-0.2, 0) is 14.3 Å². The van der Waals surface area contributed by atoms with Gasteiger partial charge in [0.25, 0.3) is 0 Å². The minimum Gasteiger partial charge on any atom is -0.508 e. The summed E-state index contributed by atoms with van der Waals surface area (Å²) in [7, 11) is 0. The summed E-state index contributed by atoms with van der Waals surface area (Å²) in [6.45, 7) is 8.80. The Balaban J connectivity index is 1.66. The SMILES string of the molecule is CC1=CCC[C@@]2(C)O[C@@H]2CC(C)(C)C[C@@H](OC(=O)C=Cc2ccc(O)cc2)C1. The Kier molecular flexibility index (Phi) is 5.99. The van der Waals surface area contributed by atoms with Crippen LogP contribution in [0.2, 0.25) is 0 Å². The lowest BCUT2D eigenvalue weighted by atomic mass is 9.79. The average molecular weight is 385 g/mol. The second kappa shape index (κ2) is 8.12. The number of carbonyl (C=O) groups is 1. The van der Waals surface area contributed by atoms with E-state index in [1.165, 1.54) is 11.6 Å². The fourth-order valence-corrected chi connectivity index (χ4v) is 4.13. The van der Waals surface area contributed by atoms with Gasteiger partial charge in [0.15, 0.2) is 0 Å². The first-order chi connectivity index (χ1) is 13.2. The van der Waals surface area contributed by atoms with E-state index in [0.29, 0.717) is 6.10 Å². The molecule has 0 bridgehead atoms. The molecule has 3 atom stereocenters. The number of allylic oxidation sites excluding steroid dienone is 1.